The maximum atomic E-state index is 12.5. The lowest BCUT2D eigenvalue weighted by molar-refractivity contribution is -0.121. The molecule has 7 heteroatoms. The third kappa shape index (κ3) is 5.43. The van der Waals surface area contributed by atoms with Gasteiger partial charge in [-0.3, -0.25) is 4.79 Å². The highest BCUT2D eigenvalue weighted by atomic mass is 32.2. The first-order valence-corrected chi connectivity index (χ1v) is 10.7. The van der Waals surface area contributed by atoms with Gasteiger partial charge >= 0.3 is 0 Å². The van der Waals surface area contributed by atoms with Crippen LogP contribution in [0.1, 0.15) is 25.5 Å². The summed E-state index contributed by atoms with van der Waals surface area (Å²) >= 11 is 0. The summed E-state index contributed by atoms with van der Waals surface area (Å²) in [5.41, 5.74) is 0. The normalized spacial score (nSPS) is 12.8. The van der Waals surface area contributed by atoms with Gasteiger partial charge in [0.1, 0.15) is 5.76 Å². The molecule has 0 aliphatic rings. The second-order valence-corrected chi connectivity index (χ2v) is 8.51. The Hall–Kier alpha value is -2.64. The lowest BCUT2D eigenvalue weighted by Crippen LogP contribution is -2.35. The van der Waals surface area contributed by atoms with Gasteiger partial charge in [0.15, 0.2) is 0 Å². The van der Waals surface area contributed by atoms with Gasteiger partial charge in [-0.1, -0.05) is 30.3 Å². The molecule has 0 saturated carbocycles. The van der Waals surface area contributed by atoms with Gasteiger partial charge < -0.3 is 9.73 Å². The van der Waals surface area contributed by atoms with E-state index in [1.54, 1.807) is 24.5 Å². The number of carbonyl (C=O) groups is 1. The van der Waals surface area contributed by atoms with Crippen LogP contribution < -0.4 is 10.0 Å². The topological polar surface area (TPSA) is 88.4 Å². The zero-order valence-corrected chi connectivity index (χ0v) is 16.5. The van der Waals surface area contributed by atoms with E-state index in [2.05, 4.69) is 10.0 Å². The summed E-state index contributed by atoms with van der Waals surface area (Å²) in [4.78, 5) is 12.2. The molecule has 1 aromatic heterocycles. The highest BCUT2D eigenvalue weighted by molar-refractivity contribution is 7.89. The Morgan fingerprint density at radius 3 is 2.61 bits per heavy atom. The van der Waals surface area contributed by atoms with Crippen molar-refractivity contribution in [3.63, 3.8) is 0 Å². The van der Waals surface area contributed by atoms with Crippen molar-refractivity contribution in [1.82, 2.24) is 10.0 Å². The smallest absolute Gasteiger partial charge is 0.240 e. The molecule has 1 amide bonds. The van der Waals surface area contributed by atoms with E-state index in [0.29, 0.717) is 0 Å². The Balaban J connectivity index is 1.46. The van der Waals surface area contributed by atoms with Crippen molar-refractivity contribution in [2.24, 2.45) is 0 Å². The number of hydrogen-bond donors (Lipinski definition) is 2. The number of furan rings is 1. The lowest BCUT2D eigenvalue weighted by atomic mass is 10.1. The molecule has 0 fully saturated rings. The van der Waals surface area contributed by atoms with Gasteiger partial charge in [0.25, 0.3) is 0 Å². The molecular weight excluding hydrogens is 376 g/mol. The highest BCUT2D eigenvalue weighted by Crippen LogP contribution is 2.18. The molecule has 148 valence electrons. The molecule has 28 heavy (non-hydrogen) atoms. The Kier molecular flexibility index (Phi) is 6.49. The van der Waals surface area contributed by atoms with Crippen molar-refractivity contribution < 1.29 is 17.6 Å². The molecule has 2 N–H and O–H groups in total. The molecule has 0 bridgehead atoms. The van der Waals surface area contributed by atoms with Crippen LogP contribution in [0.15, 0.2) is 70.2 Å². The van der Waals surface area contributed by atoms with E-state index in [9.17, 15) is 13.2 Å². The highest BCUT2D eigenvalue weighted by Gasteiger charge is 2.15. The number of fused-ring (bicyclic) bond motifs is 1. The first-order chi connectivity index (χ1) is 13.4. The predicted octanol–water partition coefficient (Wildman–Crippen LogP) is 3.24. The average Bonchev–Trinajstić information content (AvgIpc) is 3.19. The summed E-state index contributed by atoms with van der Waals surface area (Å²) in [6.45, 7) is 1.96. The summed E-state index contributed by atoms with van der Waals surface area (Å²) in [5.74, 6) is 0.692. The minimum Gasteiger partial charge on any atom is -0.469 e. The zero-order valence-electron chi connectivity index (χ0n) is 15.7. The molecular formula is C21H24N2O4S. The van der Waals surface area contributed by atoms with Crippen molar-refractivity contribution in [1.29, 1.82) is 0 Å². The molecule has 6 nitrogen and oxygen atoms in total. The Bertz CT molecular complexity index is 1030. The van der Waals surface area contributed by atoms with E-state index < -0.39 is 10.0 Å². The average molecular weight is 401 g/mol. The van der Waals surface area contributed by atoms with Crippen molar-refractivity contribution in [2.45, 2.75) is 37.1 Å². The molecule has 3 aromatic rings. The Morgan fingerprint density at radius 2 is 1.86 bits per heavy atom. The van der Waals surface area contributed by atoms with Crippen LogP contribution in [0.25, 0.3) is 10.8 Å². The van der Waals surface area contributed by atoms with Gasteiger partial charge in [0.05, 0.1) is 11.2 Å². The van der Waals surface area contributed by atoms with Crippen LogP contribution in [-0.2, 0) is 21.2 Å². The van der Waals surface area contributed by atoms with Crippen LogP contribution in [0.4, 0.5) is 0 Å². The largest absolute Gasteiger partial charge is 0.469 e. The monoisotopic (exact) mass is 400 g/mol. The minimum atomic E-state index is -3.66. The van der Waals surface area contributed by atoms with Crippen LogP contribution in [0.3, 0.4) is 0 Å². The second-order valence-electron chi connectivity index (χ2n) is 6.74. The Morgan fingerprint density at radius 1 is 1.07 bits per heavy atom. The fourth-order valence-corrected chi connectivity index (χ4v) is 4.02. The third-order valence-corrected chi connectivity index (χ3v) is 5.95. The van der Waals surface area contributed by atoms with Gasteiger partial charge in [-0.15, -0.1) is 0 Å². The molecule has 0 aliphatic carbocycles. The molecule has 1 heterocycles. The van der Waals surface area contributed by atoms with Gasteiger partial charge in [-0.05, 0) is 48.4 Å². The summed E-state index contributed by atoms with van der Waals surface area (Å²) < 4.78 is 32.7. The quantitative estimate of drug-likeness (QED) is 0.577. The van der Waals surface area contributed by atoms with Crippen LogP contribution in [0.5, 0.6) is 0 Å². The number of rotatable bonds is 9. The molecule has 0 aliphatic heterocycles. The van der Waals surface area contributed by atoms with Gasteiger partial charge in [0.2, 0.25) is 15.9 Å². The summed E-state index contributed by atoms with van der Waals surface area (Å²) in [5, 5.41) is 4.71. The van der Waals surface area contributed by atoms with Crippen molar-refractivity contribution in [2.75, 3.05) is 6.54 Å². The summed E-state index contributed by atoms with van der Waals surface area (Å²) in [6, 6.07) is 16.3. The molecule has 0 saturated heterocycles. The first-order valence-electron chi connectivity index (χ1n) is 9.24. The standard InChI is InChI=1S/C21H24N2O4S/c1-16(8-10-19-7-4-14-27-19)23-21(24)12-13-22-28(25,26)20-11-9-17-5-2-3-6-18(17)15-20/h2-7,9,11,14-16,22H,8,10,12-13H2,1H3,(H,23,24)/t16-/m0/s1. The number of nitrogens with one attached hydrogen (secondary N) is 2. The molecule has 0 radical (unpaired) electrons. The molecule has 3 rings (SSSR count). The first kappa shape index (κ1) is 20.1. The maximum Gasteiger partial charge on any atom is 0.240 e. The minimum absolute atomic E-state index is 0.0188. The van der Waals surface area contributed by atoms with Crippen LogP contribution in [0.2, 0.25) is 0 Å². The van der Waals surface area contributed by atoms with E-state index in [4.69, 9.17) is 4.42 Å². The van der Waals surface area contributed by atoms with E-state index in [1.165, 1.54) is 0 Å². The number of aryl methyl sites for hydroxylation is 1. The fraction of sp³-hybridized carbons (Fsp3) is 0.286. The second kappa shape index (κ2) is 9.03. The van der Waals surface area contributed by atoms with Crippen molar-refractivity contribution in [3.05, 3.63) is 66.6 Å². The summed E-state index contributed by atoms with van der Waals surface area (Å²) in [7, 11) is -3.66. The SMILES string of the molecule is C[C@@H](CCc1ccco1)NC(=O)CCNS(=O)(=O)c1ccc2ccccc2c1. The fourth-order valence-electron chi connectivity index (χ4n) is 2.95. The third-order valence-electron chi connectivity index (χ3n) is 4.49. The van der Waals surface area contributed by atoms with Crippen molar-refractivity contribution >= 4 is 26.7 Å². The zero-order chi connectivity index (χ0) is 20.0. The van der Waals surface area contributed by atoms with E-state index in [0.717, 1.165) is 29.4 Å². The maximum absolute atomic E-state index is 12.5. The van der Waals surface area contributed by atoms with Crippen LogP contribution in [-0.4, -0.2) is 26.9 Å². The number of hydrogen-bond acceptors (Lipinski definition) is 4. The van der Waals surface area contributed by atoms with Crippen LogP contribution in [0, 0.1) is 0 Å². The number of carbonyl (C=O) groups excluding carboxylic acids is 1. The Labute approximate surface area is 165 Å². The van der Waals surface area contributed by atoms with Gasteiger partial charge in [-0.25, -0.2) is 13.1 Å². The molecule has 0 spiro atoms. The van der Waals surface area contributed by atoms with Crippen molar-refractivity contribution in [3.8, 4) is 0 Å². The van der Waals surface area contributed by atoms with E-state index >= 15 is 0 Å². The van der Waals surface area contributed by atoms with Gasteiger partial charge in [0, 0.05) is 25.4 Å². The van der Waals surface area contributed by atoms with E-state index in [1.807, 2.05) is 43.3 Å². The number of benzene rings is 2. The molecule has 1 atom stereocenters. The number of sulfonamides is 1. The lowest BCUT2D eigenvalue weighted by Gasteiger charge is -2.13. The molecule has 0 unspecified atom stereocenters. The van der Waals surface area contributed by atoms with Gasteiger partial charge in [-0.2, -0.15) is 0 Å². The van der Waals surface area contributed by atoms with Crippen LogP contribution >= 0.6 is 0 Å². The predicted molar refractivity (Wildman–Crippen MR) is 108 cm³/mol. The molecule has 2 aromatic carbocycles. The number of amides is 1. The summed E-state index contributed by atoms with van der Waals surface area (Å²) in [6.07, 6.45) is 3.20. The van der Waals surface area contributed by atoms with E-state index in [-0.39, 0.29) is 29.8 Å².